The maximum absolute atomic E-state index is 15.5. The third kappa shape index (κ3) is 14.9. The minimum absolute atomic E-state index is 0.00751. The highest BCUT2D eigenvalue weighted by molar-refractivity contribution is 5.66. The van der Waals surface area contributed by atoms with E-state index in [-0.39, 0.29) is 66.1 Å². The molecule has 0 saturated heterocycles. The predicted molar refractivity (Wildman–Crippen MR) is 263 cm³/mol. The van der Waals surface area contributed by atoms with Crippen LogP contribution in [0.5, 0.6) is 11.5 Å². The molecule has 3 atom stereocenters. The molecule has 3 aliphatic rings. The molecule has 3 aliphatic carbocycles. The second-order valence-electron chi connectivity index (χ2n) is 20.7. The molecule has 6 rings (SSSR count). The van der Waals surface area contributed by atoms with Crippen molar-refractivity contribution in [2.75, 3.05) is 13.2 Å². The lowest BCUT2D eigenvalue weighted by Gasteiger charge is -2.34. The first-order chi connectivity index (χ1) is 33.2. The maximum Gasteiger partial charge on any atom is 0.248 e. The molecule has 3 aromatic rings. The number of unbranched alkanes of at least 4 members (excludes halogenated alkanes) is 6. The van der Waals surface area contributed by atoms with Crippen LogP contribution >= 0.6 is 0 Å². The number of halogens is 8. The van der Waals surface area contributed by atoms with Crippen LogP contribution in [0.1, 0.15) is 192 Å². The van der Waals surface area contributed by atoms with Crippen molar-refractivity contribution in [3.63, 3.8) is 0 Å². The molecule has 3 aromatic carbocycles. The summed E-state index contributed by atoms with van der Waals surface area (Å²) in [5, 5.41) is 0. The molecule has 2 fully saturated rings. The summed E-state index contributed by atoms with van der Waals surface area (Å²) >= 11 is 0. The number of rotatable bonds is 26. The first-order valence-electron chi connectivity index (χ1n) is 26.7. The summed E-state index contributed by atoms with van der Waals surface area (Å²) in [6.07, 6.45) is 17.4. The van der Waals surface area contributed by atoms with Gasteiger partial charge in [-0.1, -0.05) is 109 Å². The van der Waals surface area contributed by atoms with Gasteiger partial charge in [0.15, 0.2) is 17.8 Å². The number of allylic oxidation sites excluding steroid dienone is 4. The largest absolute Gasteiger partial charge is 0.493 e. The van der Waals surface area contributed by atoms with Gasteiger partial charge in [-0.25, -0.2) is 35.1 Å². The number of alkyl halides is 3. The molecule has 0 amide bonds. The summed E-state index contributed by atoms with van der Waals surface area (Å²) in [4.78, 5) is 0. The maximum atomic E-state index is 15.5. The zero-order chi connectivity index (χ0) is 49.5. The van der Waals surface area contributed by atoms with E-state index >= 15 is 26.3 Å². The van der Waals surface area contributed by atoms with Crippen LogP contribution in [0.15, 0.2) is 72.1 Å². The Labute approximate surface area is 408 Å². The van der Waals surface area contributed by atoms with Crippen LogP contribution in [-0.4, -0.2) is 25.3 Å². The molecule has 3 unspecified atom stereocenters. The number of benzene rings is 3. The van der Waals surface area contributed by atoms with E-state index in [0.717, 1.165) is 70.6 Å². The molecule has 2 saturated carbocycles. The van der Waals surface area contributed by atoms with Crippen molar-refractivity contribution in [3.8, 4) is 22.6 Å². The smallest absolute Gasteiger partial charge is 0.248 e. The lowest BCUT2D eigenvalue weighted by Crippen LogP contribution is -2.25. The average molecular weight is 971 g/mol. The highest BCUT2D eigenvalue weighted by atomic mass is 19.3. The first-order valence-corrected chi connectivity index (χ1v) is 26.7. The van der Waals surface area contributed by atoms with Crippen molar-refractivity contribution in [2.24, 2.45) is 29.6 Å². The third-order valence-electron chi connectivity index (χ3n) is 16.1. The normalized spacial score (nSPS) is 22.6. The predicted octanol–water partition coefficient (Wildman–Crippen LogP) is 19.1. The van der Waals surface area contributed by atoms with Gasteiger partial charge in [-0.05, 0) is 147 Å². The van der Waals surface area contributed by atoms with Crippen LogP contribution in [0, 0.1) is 52.9 Å². The van der Waals surface area contributed by atoms with E-state index in [4.69, 9.17) is 9.47 Å². The Morgan fingerprint density at radius 1 is 0.594 bits per heavy atom. The Kier molecular flexibility index (Phi) is 21.0. The van der Waals surface area contributed by atoms with E-state index in [2.05, 4.69) is 27.7 Å². The van der Waals surface area contributed by atoms with Gasteiger partial charge in [0.25, 0.3) is 0 Å². The summed E-state index contributed by atoms with van der Waals surface area (Å²) < 4.78 is 133. The van der Waals surface area contributed by atoms with Crippen molar-refractivity contribution in [1.82, 2.24) is 0 Å². The highest BCUT2D eigenvalue weighted by Gasteiger charge is 2.36. The number of hydrogen-bond donors (Lipinski definition) is 0. The van der Waals surface area contributed by atoms with Gasteiger partial charge in [-0.2, -0.15) is 0 Å². The van der Waals surface area contributed by atoms with Crippen LogP contribution in [0.25, 0.3) is 11.1 Å². The van der Waals surface area contributed by atoms with E-state index < -0.39 is 47.1 Å². The van der Waals surface area contributed by atoms with Gasteiger partial charge in [-0.3, -0.25) is 0 Å². The Hall–Kier alpha value is -3.82. The van der Waals surface area contributed by atoms with Crippen LogP contribution in [0.4, 0.5) is 35.1 Å². The lowest BCUT2D eigenvalue weighted by atomic mass is 9.71. The molecule has 0 spiro atoms. The second-order valence-corrected chi connectivity index (χ2v) is 20.7. The summed E-state index contributed by atoms with van der Waals surface area (Å²) in [6, 6.07) is 11.4. The van der Waals surface area contributed by atoms with E-state index in [1.54, 1.807) is 24.3 Å². The molecule has 0 radical (unpaired) electrons. The van der Waals surface area contributed by atoms with Crippen LogP contribution in [0.3, 0.4) is 0 Å². The van der Waals surface area contributed by atoms with Gasteiger partial charge < -0.3 is 9.47 Å². The minimum Gasteiger partial charge on any atom is -0.493 e. The van der Waals surface area contributed by atoms with Crippen molar-refractivity contribution >= 4 is 0 Å². The van der Waals surface area contributed by atoms with Crippen molar-refractivity contribution in [1.29, 1.82) is 0 Å². The minimum atomic E-state index is -2.76. The van der Waals surface area contributed by atoms with Gasteiger partial charge in [-0.15, -0.1) is 0 Å². The third-order valence-corrected chi connectivity index (χ3v) is 16.1. The van der Waals surface area contributed by atoms with Gasteiger partial charge in [0, 0.05) is 42.0 Å². The van der Waals surface area contributed by atoms with E-state index in [9.17, 15) is 8.78 Å². The topological polar surface area (TPSA) is 18.5 Å². The fourth-order valence-corrected chi connectivity index (χ4v) is 11.8. The fourth-order valence-electron chi connectivity index (χ4n) is 11.8. The Morgan fingerprint density at radius 2 is 1.13 bits per heavy atom. The van der Waals surface area contributed by atoms with Gasteiger partial charge in [0.2, 0.25) is 5.92 Å². The monoisotopic (exact) mass is 971 g/mol. The van der Waals surface area contributed by atoms with E-state index in [1.165, 1.54) is 42.8 Å². The summed E-state index contributed by atoms with van der Waals surface area (Å²) in [6.45, 7) is 9.45. The standard InChI is InChI=1S/C59H78F8O2/c1-5-16-39(4)41-17-21-43(22-18-41)47-29-31-51(57(64)55(47)62)49-27-25-45(37-53(49)60)68-35-14-10-8-12-33-59(66,67)34-13-9-11-15-36-69-46-26-28-50(54(61)38-46)52-32-30-48(56(63)58(52)65)44-23-19-42(20-24-44)40(6-2)7-3/h25-32,37-44,51,57H,5-24,33-36H2,1-4H3. The van der Waals surface area contributed by atoms with Crippen LogP contribution in [0.2, 0.25) is 0 Å². The zero-order valence-electron chi connectivity index (χ0n) is 41.7. The summed E-state index contributed by atoms with van der Waals surface area (Å²) in [7, 11) is 0. The van der Waals surface area contributed by atoms with Gasteiger partial charge >= 0.3 is 0 Å². The molecular formula is C59H78F8O2. The number of ether oxygens (including phenoxy) is 2. The first kappa shape index (κ1) is 54.5. The molecule has 10 heteroatoms. The van der Waals surface area contributed by atoms with E-state index in [0.29, 0.717) is 86.2 Å². The van der Waals surface area contributed by atoms with Crippen molar-refractivity contribution in [2.45, 2.75) is 193 Å². The Balaban J connectivity index is 0.813. The molecule has 2 nitrogen and oxygen atoms in total. The summed E-state index contributed by atoms with van der Waals surface area (Å²) in [5.74, 6) is -4.83. The Bertz CT molecular complexity index is 2110. The molecular weight excluding hydrogens is 893 g/mol. The van der Waals surface area contributed by atoms with Crippen molar-refractivity contribution in [3.05, 3.63) is 106 Å². The molecule has 0 heterocycles. The van der Waals surface area contributed by atoms with Crippen LogP contribution in [-0.2, 0) is 0 Å². The molecule has 0 aromatic heterocycles. The highest BCUT2D eigenvalue weighted by Crippen LogP contribution is 2.46. The lowest BCUT2D eigenvalue weighted by molar-refractivity contribution is -0.0207. The van der Waals surface area contributed by atoms with E-state index in [1.807, 2.05) is 0 Å². The van der Waals surface area contributed by atoms with Gasteiger partial charge in [0.05, 0.1) is 13.2 Å². The second kappa shape index (κ2) is 26.6. The average Bonchev–Trinajstić information content (AvgIpc) is 3.34. The Morgan fingerprint density at radius 3 is 1.71 bits per heavy atom. The summed E-state index contributed by atoms with van der Waals surface area (Å²) in [5.41, 5.74) is 0.729. The fraction of sp³-hybridized carbons (Fsp3) is 0.627. The quantitative estimate of drug-likeness (QED) is 0.0590. The molecule has 69 heavy (non-hydrogen) atoms. The molecule has 382 valence electrons. The zero-order valence-corrected chi connectivity index (χ0v) is 41.7. The SMILES string of the molecule is CCCC(C)C1CCC(C2=C(F)C(F)C(c3ccc(OCCCCCCC(F)(F)CCCCCCOc4ccc(-c5ccc(C6CCC(C(CC)CC)CC6)c(F)c5F)c(F)c4)cc3F)C=C2)CC1. The molecule has 0 bridgehead atoms. The van der Waals surface area contributed by atoms with Crippen LogP contribution < -0.4 is 9.47 Å². The molecule has 0 N–H and O–H groups in total. The number of hydrogen-bond acceptors (Lipinski definition) is 2. The van der Waals surface area contributed by atoms with Crippen molar-refractivity contribution < 1.29 is 44.6 Å². The van der Waals surface area contributed by atoms with Gasteiger partial charge in [0.1, 0.15) is 29.0 Å². The molecule has 0 aliphatic heterocycles.